The Morgan fingerprint density at radius 3 is 2.81 bits per heavy atom. The number of nitrogens with one attached hydrogen (secondary N) is 2. The van der Waals surface area contributed by atoms with Crippen molar-refractivity contribution in [1.29, 1.82) is 0 Å². The van der Waals surface area contributed by atoms with Crippen LogP contribution in [0.15, 0.2) is 29.3 Å². The van der Waals surface area contributed by atoms with E-state index < -0.39 is 11.7 Å². The molecule has 148 valence electrons. The number of ether oxygens (including phenoxy) is 1. The van der Waals surface area contributed by atoms with Crippen molar-refractivity contribution in [3.8, 4) is 11.8 Å². The lowest BCUT2D eigenvalue weighted by atomic mass is 9.84. The van der Waals surface area contributed by atoms with E-state index in [1.165, 1.54) is 12.1 Å². The molecular weight excluding hydrogens is 359 g/mol. The van der Waals surface area contributed by atoms with Gasteiger partial charge in [0.1, 0.15) is 0 Å². The predicted molar refractivity (Wildman–Crippen MR) is 97.3 cm³/mol. The Morgan fingerprint density at radius 2 is 2.19 bits per heavy atom. The zero-order valence-electron chi connectivity index (χ0n) is 15.2. The highest BCUT2D eigenvalue weighted by Crippen LogP contribution is 2.31. The first-order chi connectivity index (χ1) is 12.9. The van der Waals surface area contributed by atoms with E-state index in [0.717, 1.165) is 18.6 Å². The normalized spacial score (nSPS) is 20.1. The molecule has 1 heterocycles. The highest BCUT2D eigenvalue weighted by Gasteiger charge is 2.34. The molecule has 0 bridgehead atoms. The monoisotopic (exact) mass is 383 g/mol. The molecule has 8 heteroatoms. The van der Waals surface area contributed by atoms with E-state index in [2.05, 4.69) is 27.5 Å². The van der Waals surface area contributed by atoms with Gasteiger partial charge in [0.25, 0.3) is 0 Å². The van der Waals surface area contributed by atoms with Gasteiger partial charge in [-0.2, -0.15) is 13.2 Å². The summed E-state index contributed by atoms with van der Waals surface area (Å²) in [4.78, 5) is 4.11. The Balaban J connectivity index is 1.86. The van der Waals surface area contributed by atoms with Gasteiger partial charge in [-0.3, -0.25) is 4.99 Å². The number of benzene rings is 1. The molecule has 0 saturated carbocycles. The third-order valence-electron chi connectivity index (χ3n) is 4.45. The molecular formula is C19H24F3N3O2. The van der Waals surface area contributed by atoms with E-state index in [-0.39, 0.29) is 18.6 Å². The van der Waals surface area contributed by atoms with Gasteiger partial charge in [0.2, 0.25) is 0 Å². The average molecular weight is 383 g/mol. The first-order valence-corrected chi connectivity index (χ1v) is 8.68. The number of rotatable bonds is 5. The molecule has 1 aromatic rings. The second kappa shape index (κ2) is 9.62. The molecule has 0 spiro atoms. The SMILES string of the molecule is CN=C(NCC#Cc1cccc(C(F)(F)F)c1)NCC1(CCO)CCOC1. The molecule has 1 unspecified atom stereocenters. The average Bonchev–Trinajstić information content (AvgIpc) is 3.10. The molecule has 2 rings (SSSR count). The van der Waals surface area contributed by atoms with Gasteiger partial charge < -0.3 is 20.5 Å². The van der Waals surface area contributed by atoms with Gasteiger partial charge in [0, 0.05) is 37.8 Å². The number of alkyl halides is 3. The van der Waals surface area contributed by atoms with Crippen LogP contribution < -0.4 is 10.6 Å². The van der Waals surface area contributed by atoms with Crippen LogP contribution in [-0.4, -0.2) is 51.0 Å². The fourth-order valence-corrected chi connectivity index (χ4v) is 2.85. The summed E-state index contributed by atoms with van der Waals surface area (Å²) in [5.41, 5.74) is -0.525. The van der Waals surface area contributed by atoms with E-state index in [1.807, 2.05) is 0 Å². The molecule has 1 aliphatic heterocycles. The van der Waals surface area contributed by atoms with Gasteiger partial charge in [-0.1, -0.05) is 17.9 Å². The summed E-state index contributed by atoms with van der Waals surface area (Å²) in [6.45, 7) is 2.20. The van der Waals surface area contributed by atoms with Gasteiger partial charge in [-0.15, -0.1) is 0 Å². The van der Waals surface area contributed by atoms with Crippen molar-refractivity contribution in [3.63, 3.8) is 0 Å². The van der Waals surface area contributed by atoms with Crippen LogP contribution in [-0.2, 0) is 10.9 Å². The van der Waals surface area contributed by atoms with Crippen molar-refractivity contribution in [1.82, 2.24) is 10.6 Å². The van der Waals surface area contributed by atoms with Crippen molar-refractivity contribution in [3.05, 3.63) is 35.4 Å². The lowest BCUT2D eigenvalue weighted by molar-refractivity contribution is -0.137. The number of aliphatic hydroxyl groups excluding tert-OH is 1. The minimum atomic E-state index is -4.38. The number of halogens is 3. The Hall–Kier alpha value is -2.24. The minimum Gasteiger partial charge on any atom is -0.396 e. The minimum absolute atomic E-state index is 0.0968. The summed E-state index contributed by atoms with van der Waals surface area (Å²) in [7, 11) is 1.62. The number of hydrogen-bond acceptors (Lipinski definition) is 3. The molecule has 3 N–H and O–H groups in total. The second-order valence-corrected chi connectivity index (χ2v) is 6.44. The van der Waals surface area contributed by atoms with E-state index in [0.29, 0.717) is 37.7 Å². The number of aliphatic hydroxyl groups is 1. The first kappa shape index (κ1) is 21.1. The Kier molecular flexibility index (Phi) is 7.51. The highest BCUT2D eigenvalue weighted by molar-refractivity contribution is 5.79. The Bertz CT molecular complexity index is 702. The fraction of sp³-hybridized carbons (Fsp3) is 0.526. The smallest absolute Gasteiger partial charge is 0.396 e. The lowest BCUT2D eigenvalue weighted by Gasteiger charge is -2.27. The van der Waals surface area contributed by atoms with Crippen molar-refractivity contribution in [2.45, 2.75) is 19.0 Å². The summed E-state index contributed by atoms with van der Waals surface area (Å²) in [5.74, 6) is 6.05. The largest absolute Gasteiger partial charge is 0.416 e. The molecule has 1 aliphatic rings. The molecule has 0 radical (unpaired) electrons. The molecule has 1 fully saturated rings. The highest BCUT2D eigenvalue weighted by atomic mass is 19.4. The number of hydrogen-bond donors (Lipinski definition) is 3. The standard InChI is InChI=1S/C19H24F3N3O2/c1-23-17(25-13-18(7-10-26)8-11-27-14-18)24-9-3-5-15-4-2-6-16(12-15)19(20,21)22/h2,4,6,12,26H,7-11,13-14H2,1H3,(H2,23,24,25). The summed E-state index contributed by atoms with van der Waals surface area (Å²) >= 11 is 0. The Morgan fingerprint density at radius 1 is 1.37 bits per heavy atom. The second-order valence-electron chi connectivity index (χ2n) is 6.44. The van der Waals surface area contributed by atoms with Crippen molar-refractivity contribution in [2.75, 3.05) is 40.0 Å². The molecule has 0 aliphatic carbocycles. The van der Waals surface area contributed by atoms with Gasteiger partial charge >= 0.3 is 6.18 Å². The first-order valence-electron chi connectivity index (χ1n) is 8.68. The topological polar surface area (TPSA) is 65.9 Å². The molecule has 27 heavy (non-hydrogen) atoms. The molecule has 0 amide bonds. The molecule has 1 aromatic carbocycles. The van der Waals surface area contributed by atoms with E-state index in [4.69, 9.17) is 4.74 Å². The van der Waals surface area contributed by atoms with Crippen molar-refractivity contribution < 1.29 is 23.0 Å². The predicted octanol–water partition coefficient (Wildman–Crippen LogP) is 2.01. The maximum Gasteiger partial charge on any atom is 0.416 e. The Labute approximate surface area is 157 Å². The van der Waals surface area contributed by atoms with Gasteiger partial charge in [-0.25, -0.2) is 0 Å². The maximum absolute atomic E-state index is 12.7. The van der Waals surface area contributed by atoms with Crippen LogP contribution in [0.1, 0.15) is 24.0 Å². The van der Waals surface area contributed by atoms with Crippen LogP contribution in [0.25, 0.3) is 0 Å². The van der Waals surface area contributed by atoms with Crippen LogP contribution in [0.2, 0.25) is 0 Å². The zero-order chi connectivity index (χ0) is 19.8. The van der Waals surface area contributed by atoms with Crippen LogP contribution in [0.5, 0.6) is 0 Å². The van der Waals surface area contributed by atoms with Crippen LogP contribution in [0.4, 0.5) is 13.2 Å². The van der Waals surface area contributed by atoms with Gasteiger partial charge in [0.05, 0.1) is 18.7 Å². The number of nitrogens with zero attached hydrogens (tertiary/aromatic N) is 1. The van der Waals surface area contributed by atoms with Crippen LogP contribution in [0.3, 0.4) is 0 Å². The summed E-state index contributed by atoms with van der Waals surface area (Å²) < 4.78 is 43.5. The number of aliphatic imine (C=N–C) groups is 1. The zero-order valence-corrected chi connectivity index (χ0v) is 15.2. The maximum atomic E-state index is 12.7. The van der Waals surface area contributed by atoms with Crippen LogP contribution >= 0.6 is 0 Å². The van der Waals surface area contributed by atoms with E-state index in [1.54, 1.807) is 7.05 Å². The fourth-order valence-electron chi connectivity index (χ4n) is 2.85. The third kappa shape index (κ3) is 6.45. The van der Waals surface area contributed by atoms with Crippen LogP contribution in [0, 0.1) is 17.3 Å². The van der Waals surface area contributed by atoms with E-state index in [9.17, 15) is 18.3 Å². The molecule has 0 aromatic heterocycles. The van der Waals surface area contributed by atoms with Gasteiger partial charge in [0.15, 0.2) is 5.96 Å². The van der Waals surface area contributed by atoms with Crippen molar-refractivity contribution >= 4 is 5.96 Å². The summed E-state index contributed by atoms with van der Waals surface area (Å²) in [6.07, 6.45) is -2.87. The van der Waals surface area contributed by atoms with Crippen molar-refractivity contribution in [2.24, 2.45) is 10.4 Å². The molecule has 1 atom stereocenters. The molecule has 1 saturated heterocycles. The number of guanidine groups is 1. The van der Waals surface area contributed by atoms with E-state index >= 15 is 0 Å². The summed E-state index contributed by atoms with van der Waals surface area (Å²) in [6, 6.07) is 4.92. The quantitative estimate of drug-likeness (QED) is 0.414. The lowest BCUT2D eigenvalue weighted by Crippen LogP contribution is -2.44. The third-order valence-corrected chi connectivity index (χ3v) is 4.45. The summed E-state index contributed by atoms with van der Waals surface area (Å²) in [5, 5.41) is 15.5. The van der Waals surface area contributed by atoms with Gasteiger partial charge in [-0.05, 0) is 31.0 Å². The molecule has 5 nitrogen and oxygen atoms in total.